The van der Waals surface area contributed by atoms with Crippen molar-refractivity contribution in [1.29, 1.82) is 0 Å². The van der Waals surface area contributed by atoms with Crippen molar-refractivity contribution in [3.8, 4) is 0 Å². The molecule has 0 spiro atoms. The molecule has 0 bridgehead atoms. The van der Waals surface area contributed by atoms with Gasteiger partial charge in [-0.15, -0.1) is 0 Å². The number of rotatable bonds is 2. The normalized spacial score (nSPS) is 16.5. The SMILES string of the molecule is CC(C)(C)C1=CCN(c2ncnc(Cl)c2CO)CC1. The molecule has 2 heterocycles. The summed E-state index contributed by atoms with van der Waals surface area (Å²) >= 11 is 6.00. The number of aliphatic hydroxyl groups excluding tert-OH is 1. The zero-order chi connectivity index (χ0) is 14.0. The van der Waals surface area contributed by atoms with Gasteiger partial charge in [0.1, 0.15) is 17.3 Å². The smallest absolute Gasteiger partial charge is 0.140 e. The summed E-state index contributed by atoms with van der Waals surface area (Å²) in [4.78, 5) is 10.3. The molecule has 2 rings (SSSR count). The molecule has 0 unspecified atom stereocenters. The molecule has 0 aromatic carbocycles. The van der Waals surface area contributed by atoms with Crippen LogP contribution in [0, 0.1) is 5.41 Å². The minimum absolute atomic E-state index is 0.138. The highest BCUT2D eigenvalue weighted by atomic mass is 35.5. The van der Waals surface area contributed by atoms with E-state index in [1.165, 1.54) is 11.9 Å². The Kier molecular flexibility index (Phi) is 4.11. The molecule has 1 aliphatic rings. The highest BCUT2D eigenvalue weighted by Gasteiger charge is 2.23. The molecule has 0 aliphatic carbocycles. The van der Waals surface area contributed by atoms with Gasteiger partial charge in [0.25, 0.3) is 0 Å². The third-order valence-electron chi connectivity index (χ3n) is 3.50. The van der Waals surface area contributed by atoms with Crippen LogP contribution < -0.4 is 4.90 Å². The van der Waals surface area contributed by atoms with Crippen molar-refractivity contribution in [2.75, 3.05) is 18.0 Å². The van der Waals surface area contributed by atoms with Crippen molar-refractivity contribution in [3.63, 3.8) is 0 Å². The third-order valence-corrected chi connectivity index (χ3v) is 3.83. The number of aliphatic hydroxyl groups is 1. The van der Waals surface area contributed by atoms with E-state index >= 15 is 0 Å². The summed E-state index contributed by atoms with van der Waals surface area (Å²) in [6.07, 6.45) is 4.70. The van der Waals surface area contributed by atoms with Crippen molar-refractivity contribution in [3.05, 3.63) is 28.7 Å². The lowest BCUT2D eigenvalue weighted by molar-refractivity contribution is 0.281. The molecule has 1 N–H and O–H groups in total. The summed E-state index contributed by atoms with van der Waals surface area (Å²) in [5.74, 6) is 0.742. The van der Waals surface area contributed by atoms with Gasteiger partial charge < -0.3 is 10.0 Å². The van der Waals surface area contributed by atoms with Crippen LogP contribution in [0.25, 0.3) is 0 Å². The van der Waals surface area contributed by atoms with Gasteiger partial charge in [0.15, 0.2) is 0 Å². The van der Waals surface area contributed by atoms with Crippen LogP contribution in [0.5, 0.6) is 0 Å². The number of hydrogen-bond acceptors (Lipinski definition) is 4. The highest BCUT2D eigenvalue weighted by molar-refractivity contribution is 6.30. The molecule has 1 aliphatic heterocycles. The van der Waals surface area contributed by atoms with Gasteiger partial charge in [0.05, 0.1) is 12.2 Å². The topological polar surface area (TPSA) is 49.2 Å². The zero-order valence-corrected chi connectivity index (χ0v) is 12.4. The first-order valence-electron chi connectivity index (χ1n) is 6.48. The van der Waals surface area contributed by atoms with E-state index in [-0.39, 0.29) is 12.0 Å². The number of anilines is 1. The number of aromatic nitrogens is 2. The lowest BCUT2D eigenvalue weighted by atomic mass is 9.83. The van der Waals surface area contributed by atoms with Crippen molar-refractivity contribution in [1.82, 2.24) is 9.97 Å². The summed E-state index contributed by atoms with van der Waals surface area (Å²) in [6, 6.07) is 0. The molecule has 0 fully saturated rings. The maximum absolute atomic E-state index is 9.40. The minimum atomic E-state index is -0.138. The highest BCUT2D eigenvalue weighted by Crippen LogP contribution is 2.32. The summed E-state index contributed by atoms with van der Waals surface area (Å²) in [5.41, 5.74) is 2.29. The molecule has 0 saturated heterocycles. The Hall–Kier alpha value is -1.13. The Morgan fingerprint density at radius 1 is 1.37 bits per heavy atom. The molecule has 1 aromatic rings. The van der Waals surface area contributed by atoms with Gasteiger partial charge in [-0.05, 0) is 11.8 Å². The van der Waals surface area contributed by atoms with E-state index in [1.54, 1.807) is 0 Å². The Bertz CT molecular complexity index is 494. The molecule has 19 heavy (non-hydrogen) atoms. The van der Waals surface area contributed by atoms with Crippen LogP contribution in [-0.4, -0.2) is 28.2 Å². The monoisotopic (exact) mass is 281 g/mol. The van der Waals surface area contributed by atoms with Crippen LogP contribution in [-0.2, 0) is 6.61 Å². The molecule has 0 radical (unpaired) electrons. The zero-order valence-electron chi connectivity index (χ0n) is 11.6. The summed E-state index contributed by atoms with van der Waals surface area (Å²) < 4.78 is 0. The second kappa shape index (κ2) is 5.47. The minimum Gasteiger partial charge on any atom is -0.391 e. The maximum atomic E-state index is 9.40. The average molecular weight is 282 g/mol. The fraction of sp³-hybridized carbons (Fsp3) is 0.571. The van der Waals surface area contributed by atoms with Gasteiger partial charge in [-0.2, -0.15) is 0 Å². The van der Waals surface area contributed by atoms with Crippen molar-refractivity contribution in [2.24, 2.45) is 5.41 Å². The molecular weight excluding hydrogens is 262 g/mol. The molecule has 1 aromatic heterocycles. The Morgan fingerprint density at radius 2 is 2.11 bits per heavy atom. The van der Waals surface area contributed by atoms with Crippen LogP contribution in [0.15, 0.2) is 18.0 Å². The first-order chi connectivity index (χ1) is 8.93. The number of nitrogens with zero attached hydrogens (tertiary/aromatic N) is 3. The largest absolute Gasteiger partial charge is 0.391 e. The van der Waals surface area contributed by atoms with Crippen molar-refractivity contribution < 1.29 is 5.11 Å². The quantitative estimate of drug-likeness (QED) is 0.669. The van der Waals surface area contributed by atoms with Crippen LogP contribution >= 0.6 is 11.6 Å². The van der Waals surface area contributed by atoms with E-state index in [0.717, 1.165) is 25.3 Å². The fourth-order valence-corrected chi connectivity index (χ4v) is 2.52. The van der Waals surface area contributed by atoms with Crippen LogP contribution in [0.1, 0.15) is 32.8 Å². The molecule has 104 valence electrons. The first kappa shape index (κ1) is 14.3. The third kappa shape index (κ3) is 3.07. The molecule has 4 nitrogen and oxygen atoms in total. The van der Waals surface area contributed by atoms with Gasteiger partial charge in [-0.3, -0.25) is 0 Å². The van der Waals surface area contributed by atoms with Gasteiger partial charge >= 0.3 is 0 Å². The van der Waals surface area contributed by atoms with Gasteiger partial charge in [-0.1, -0.05) is 44.0 Å². The van der Waals surface area contributed by atoms with Gasteiger partial charge in [0.2, 0.25) is 0 Å². The van der Waals surface area contributed by atoms with Gasteiger partial charge in [-0.25, -0.2) is 9.97 Å². The van der Waals surface area contributed by atoms with E-state index < -0.39 is 0 Å². The average Bonchev–Trinajstić information content (AvgIpc) is 2.37. The Labute approximate surface area is 119 Å². The first-order valence-corrected chi connectivity index (χ1v) is 6.86. The molecule has 0 saturated carbocycles. The van der Waals surface area contributed by atoms with Crippen molar-refractivity contribution >= 4 is 17.4 Å². The van der Waals surface area contributed by atoms with Gasteiger partial charge in [0, 0.05) is 13.1 Å². The summed E-state index contributed by atoms with van der Waals surface area (Å²) in [7, 11) is 0. The lowest BCUT2D eigenvalue weighted by Crippen LogP contribution is -2.32. The molecule has 0 amide bonds. The number of halogens is 1. The van der Waals surface area contributed by atoms with Crippen LogP contribution in [0.2, 0.25) is 5.15 Å². The molecule has 5 heteroatoms. The second-order valence-electron chi connectivity index (χ2n) is 5.80. The summed E-state index contributed by atoms with van der Waals surface area (Å²) in [6.45, 7) is 8.25. The van der Waals surface area contributed by atoms with E-state index in [1.807, 2.05) is 0 Å². The van der Waals surface area contributed by atoms with Crippen LogP contribution in [0.4, 0.5) is 5.82 Å². The van der Waals surface area contributed by atoms with E-state index in [9.17, 15) is 5.11 Å². The molecule has 0 atom stereocenters. The Morgan fingerprint density at radius 3 is 2.63 bits per heavy atom. The van der Waals surface area contributed by atoms with E-state index in [4.69, 9.17) is 11.6 Å². The van der Waals surface area contributed by atoms with Crippen molar-refractivity contribution in [2.45, 2.75) is 33.8 Å². The Balaban J connectivity index is 2.23. The fourth-order valence-electron chi connectivity index (χ4n) is 2.33. The second-order valence-corrected chi connectivity index (χ2v) is 6.16. The van der Waals surface area contributed by atoms with E-state index in [0.29, 0.717) is 10.7 Å². The maximum Gasteiger partial charge on any atom is 0.140 e. The predicted molar refractivity (Wildman–Crippen MR) is 77.3 cm³/mol. The molecular formula is C14H20ClN3O. The predicted octanol–water partition coefficient (Wildman–Crippen LogP) is 2.80. The van der Waals surface area contributed by atoms with E-state index in [2.05, 4.69) is 41.7 Å². The summed E-state index contributed by atoms with van der Waals surface area (Å²) in [5, 5.41) is 9.74. The number of hydrogen-bond donors (Lipinski definition) is 1. The standard InChI is InChI=1S/C14H20ClN3O/c1-14(2,3)10-4-6-18(7-5-10)13-11(8-19)12(15)16-9-17-13/h4,9,19H,5-8H2,1-3H3. The lowest BCUT2D eigenvalue weighted by Gasteiger charge is -2.33. The van der Waals surface area contributed by atoms with Crippen LogP contribution in [0.3, 0.4) is 0 Å².